The zero-order valence-electron chi connectivity index (χ0n) is 23.6. The Kier molecular flexibility index (Phi) is 8.24. The minimum atomic E-state index is -0.254. The fourth-order valence-electron chi connectivity index (χ4n) is 8.25. The molecule has 3 aliphatic heterocycles. The number of rotatable bonds is 6. The standard InChI is InChI=1S/C31H43ClN6O2/c1-3-27(39)38-16-15-37(19-22(38)11-13-33)29-25-10-12-31(17-21-7-4-5-9-24(21)28(31)32)18-26(25)34-30(35-29)40-20-23-8-6-14-36(23)2/h3-5,7,9,22-23,25-26,28-30,34-35H,1,6,8,10-12,14-20H2,2H3/t22?,23?,25?,26?,28?,29?,30?,31-/m1/s1. The van der Waals surface area contributed by atoms with E-state index in [0.29, 0.717) is 38.1 Å². The van der Waals surface area contributed by atoms with Gasteiger partial charge in [-0.3, -0.25) is 20.3 Å². The average Bonchev–Trinajstić information content (AvgIpc) is 3.50. The highest BCUT2D eigenvalue weighted by Crippen LogP contribution is 2.58. The van der Waals surface area contributed by atoms with Gasteiger partial charge in [0.25, 0.3) is 0 Å². The number of likely N-dealkylation sites (tertiary alicyclic amines) is 1. The van der Waals surface area contributed by atoms with E-state index in [1.165, 1.54) is 30.0 Å². The lowest BCUT2D eigenvalue weighted by Crippen LogP contribution is -2.72. The van der Waals surface area contributed by atoms with Gasteiger partial charge in [-0.15, -0.1) is 11.6 Å². The van der Waals surface area contributed by atoms with Crippen molar-refractivity contribution in [2.24, 2.45) is 11.3 Å². The summed E-state index contributed by atoms with van der Waals surface area (Å²) in [5.41, 5.74) is 2.74. The lowest BCUT2D eigenvalue weighted by Gasteiger charge is -2.55. The van der Waals surface area contributed by atoms with Crippen LogP contribution < -0.4 is 10.6 Å². The van der Waals surface area contributed by atoms with Crippen molar-refractivity contribution in [2.45, 2.75) is 81.0 Å². The van der Waals surface area contributed by atoms with Crippen molar-refractivity contribution in [2.75, 3.05) is 39.8 Å². The Labute approximate surface area is 243 Å². The van der Waals surface area contributed by atoms with Crippen LogP contribution in [-0.4, -0.2) is 91.1 Å². The van der Waals surface area contributed by atoms with Crippen LogP contribution in [0.15, 0.2) is 36.9 Å². The summed E-state index contributed by atoms with van der Waals surface area (Å²) < 4.78 is 6.54. The highest BCUT2D eigenvalue weighted by molar-refractivity contribution is 6.21. The number of benzene rings is 1. The molecule has 1 spiro atoms. The number of carbonyl (C=O) groups excluding carboxylic acids is 1. The van der Waals surface area contributed by atoms with Gasteiger partial charge in [0.15, 0.2) is 6.35 Å². The number of nitrogens with one attached hydrogen (secondary N) is 2. The molecule has 3 heterocycles. The number of likely N-dealkylation sites (N-methyl/N-ethyl adjacent to an activating group) is 1. The Bertz CT molecular complexity index is 1140. The van der Waals surface area contributed by atoms with Crippen LogP contribution in [0.1, 0.15) is 55.0 Å². The Morgan fingerprint density at radius 2 is 2.10 bits per heavy atom. The molecule has 3 saturated heterocycles. The Hall–Kier alpha value is -1.99. The molecule has 1 amide bonds. The van der Waals surface area contributed by atoms with Crippen LogP contribution in [0.4, 0.5) is 0 Å². The molecule has 7 unspecified atom stereocenters. The minimum absolute atomic E-state index is 0.0276. The molecule has 2 aliphatic carbocycles. The van der Waals surface area contributed by atoms with E-state index in [9.17, 15) is 10.1 Å². The van der Waals surface area contributed by atoms with Gasteiger partial charge in [0.2, 0.25) is 5.91 Å². The molecule has 0 radical (unpaired) electrons. The number of carbonyl (C=O) groups is 1. The van der Waals surface area contributed by atoms with Crippen molar-refractivity contribution in [3.05, 3.63) is 48.0 Å². The number of halogens is 1. The fourth-order valence-corrected chi connectivity index (χ4v) is 8.74. The summed E-state index contributed by atoms with van der Waals surface area (Å²) in [5.74, 6) is 0.295. The van der Waals surface area contributed by atoms with Crippen LogP contribution in [0.5, 0.6) is 0 Å². The lowest BCUT2D eigenvalue weighted by atomic mass is 9.64. The van der Waals surface area contributed by atoms with E-state index in [2.05, 4.69) is 64.4 Å². The van der Waals surface area contributed by atoms with Gasteiger partial charge >= 0.3 is 0 Å². The highest BCUT2D eigenvalue weighted by atomic mass is 35.5. The molecule has 216 valence electrons. The lowest BCUT2D eigenvalue weighted by molar-refractivity contribution is -0.137. The summed E-state index contributed by atoms with van der Waals surface area (Å²) in [4.78, 5) is 19.2. The normalized spacial score (nSPS) is 38.1. The van der Waals surface area contributed by atoms with E-state index in [4.69, 9.17) is 16.3 Å². The van der Waals surface area contributed by atoms with Gasteiger partial charge in [-0.2, -0.15) is 5.26 Å². The van der Waals surface area contributed by atoms with Gasteiger partial charge in [0.1, 0.15) is 0 Å². The van der Waals surface area contributed by atoms with Gasteiger partial charge in [-0.05, 0) is 74.7 Å². The molecule has 8 atom stereocenters. The number of nitriles is 1. The summed E-state index contributed by atoms with van der Waals surface area (Å²) in [7, 11) is 2.18. The van der Waals surface area contributed by atoms with E-state index in [0.717, 1.165) is 38.8 Å². The average molecular weight is 567 g/mol. The molecule has 8 nitrogen and oxygen atoms in total. The monoisotopic (exact) mass is 566 g/mol. The molecular weight excluding hydrogens is 524 g/mol. The first kappa shape index (κ1) is 28.1. The number of amides is 1. The number of nitrogens with zero attached hydrogens (tertiary/aromatic N) is 4. The quantitative estimate of drug-likeness (QED) is 0.404. The van der Waals surface area contributed by atoms with Crippen LogP contribution in [0.25, 0.3) is 0 Å². The predicted octanol–water partition coefficient (Wildman–Crippen LogP) is 3.20. The fraction of sp³-hybridized carbons (Fsp3) is 0.677. The molecule has 0 aromatic heterocycles. The third kappa shape index (κ3) is 5.21. The zero-order chi connectivity index (χ0) is 27.9. The smallest absolute Gasteiger partial charge is 0.246 e. The molecule has 1 saturated carbocycles. The first-order valence-electron chi connectivity index (χ1n) is 15.0. The number of ether oxygens (including phenoxy) is 1. The van der Waals surface area contributed by atoms with Gasteiger partial charge in [-0.1, -0.05) is 30.8 Å². The summed E-state index contributed by atoms with van der Waals surface area (Å²) in [6.07, 6.45) is 8.13. The first-order chi connectivity index (χ1) is 19.4. The topological polar surface area (TPSA) is 83.9 Å². The molecule has 0 bridgehead atoms. The van der Waals surface area contributed by atoms with Crippen molar-refractivity contribution in [1.29, 1.82) is 5.26 Å². The van der Waals surface area contributed by atoms with Crippen molar-refractivity contribution in [3.8, 4) is 6.07 Å². The molecule has 4 fully saturated rings. The van der Waals surface area contributed by atoms with Gasteiger partial charge in [0, 0.05) is 37.6 Å². The van der Waals surface area contributed by atoms with Crippen molar-refractivity contribution in [1.82, 2.24) is 25.3 Å². The van der Waals surface area contributed by atoms with E-state index in [1.54, 1.807) is 0 Å². The van der Waals surface area contributed by atoms with E-state index < -0.39 is 0 Å². The third-order valence-electron chi connectivity index (χ3n) is 10.4. The summed E-state index contributed by atoms with van der Waals surface area (Å²) in [6.45, 7) is 7.52. The number of fused-ring (bicyclic) bond motifs is 2. The maximum Gasteiger partial charge on any atom is 0.246 e. The van der Waals surface area contributed by atoms with Gasteiger partial charge < -0.3 is 14.5 Å². The van der Waals surface area contributed by atoms with Crippen LogP contribution >= 0.6 is 11.6 Å². The van der Waals surface area contributed by atoms with Crippen molar-refractivity contribution in [3.63, 3.8) is 0 Å². The molecule has 5 aliphatic rings. The van der Waals surface area contributed by atoms with Crippen LogP contribution in [0.2, 0.25) is 0 Å². The molecular formula is C31H43ClN6O2. The van der Waals surface area contributed by atoms with Crippen LogP contribution in [-0.2, 0) is 16.0 Å². The maximum atomic E-state index is 12.5. The third-order valence-corrected chi connectivity index (χ3v) is 11.1. The Morgan fingerprint density at radius 1 is 1.25 bits per heavy atom. The summed E-state index contributed by atoms with van der Waals surface area (Å²) in [6, 6.07) is 11.6. The van der Waals surface area contributed by atoms with E-state index >= 15 is 0 Å². The van der Waals surface area contributed by atoms with E-state index in [1.807, 2.05) is 4.90 Å². The number of hydrogen-bond donors (Lipinski definition) is 2. The molecule has 2 N–H and O–H groups in total. The predicted molar refractivity (Wildman–Crippen MR) is 155 cm³/mol. The number of hydrogen-bond acceptors (Lipinski definition) is 7. The molecule has 6 rings (SSSR count). The molecule has 9 heteroatoms. The maximum absolute atomic E-state index is 12.5. The SMILES string of the molecule is C=CC(=O)N1CCN(C2NC(OCC3CCCN3C)NC3C[C@@]4(CCC32)Cc2ccccc2C4Cl)CC1CC#N. The highest BCUT2D eigenvalue weighted by Gasteiger charge is 2.54. The zero-order valence-corrected chi connectivity index (χ0v) is 24.4. The number of piperazine rings is 1. The minimum Gasteiger partial charge on any atom is -0.348 e. The van der Waals surface area contributed by atoms with Crippen molar-refractivity contribution >= 4 is 17.5 Å². The Morgan fingerprint density at radius 3 is 2.85 bits per heavy atom. The Balaban J connectivity index is 1.22. The molecule has 1 aromatic carbocycles. The summed E-state index contributed by atoms with van der Waals surface area (Å²) >= 11 is 7.24. The second-order valence-electron chi connectivity index (χ2n) is 12.6. The number of alkyl halides is 1. The second-order valence-corrected chi connectivity index (χ2v) is 13.1. The second kappa shape index (κ2) is 11.7. The van der Waals surface area contributed by atoms with E-state index in [-0.39, 0.29) is 41.3 Å². The van der Waals surface area contributed by atoms with Crippen LogP contribution in [0.3, 0.4) is 0 Å². The van der Waals surface area contributed by atoms with Gasteiger partial charge in [0.05, 0.1) is 36.7 Å². The van der Waals surface area contributed by atoms with Gasteiger partial charge in [-0.25, -0.2) is 0 Å². The summed E-state index contributed by atoms with van der Waals surface area (Å²) in [5, 5.41) is 17.3. The van der Waals surface area contributed by atoms with Crippen molar-refractivity contribution < 1.29 is 9.53 Å². The molecule has 40 heavy (non-hydrogen) atoms. The van der Waals surface area contributed by atoms with Crippen LogP contribution in [0, 0.1) is 22.7 Å². The largest absolute Gasteiger partial charge is 0.348 e. The molecule has 1 aromatic rings. The first-order valence-corrected chi connectivity index (χ1v) is 15.5.